The first-order valence-corrected chi connectivity index (χ1v) is 10.3. The van der Waals surface area contributed by atoms with Crippen LogP contribution in [-0.4, -0.2) is 30.4 Å². The van der Waals surface area contributed by atoms with E-state index < -0.39 is 22.3 Å². The summed E-state index contributed by atoms with van der Waals surface area (Å²) in [5.41, 5.74) is 1.87. The van der Waals surface area contributed by atoms with Gasteiger partial charge in [-0.3, -0.25) is 4.78 Å². The molecule has 3 rings (SSSR count). The minimum absolute atomic E-state index is 0.0104. The molecule has 2 aromatic carbocycles. The number of methoxy groups -OCH3 is 2. The van der Waals surface area contributed by atoms with Crippen molar-refractivity contribution in [3.8, 4) is 22.8 Å². The van der Waals surface area contributed by atoms with Crippen molar-refractivity contribution in [3.05, 3.63) is 59.8 Å². The summed E-state index contributed by atoms with van der Waals surface area (Å²) in [6, 6.07) is 9.27. The minimum atomic E-state index is -0.656. The van der Waals surface area contributed by atoms with E-state index in [0.717, 1.165) is 11.8 Å². The smallest absolute Gasteiger partial charge is 0.227 e. The summed E-state index contributed by atoms with van der Waals surface area (Å²) in [5.74, 6) is 0.380. The van der Waals surface area contributed by atoms with E-state index in [1.165, 1.54) is 25.3 Å². The molecule has 1 unspecified atom stereocenters. The van der Waals surface area contributed by atoms with Gasteiger partial charge >= 0.3 is 0 Å². The molecule has 0 amide bonds. The zero-order chi connectivity index (χ0) is 21.0. The normalized spacial score (nSPS) is 11.8. The maximum atomic E-state index is 14.4. The summed E-state index contributed by atoms with van der Waals surface area (Å²) in [6.07, 6.45) is 2.87. The number of halogens is 2. The summed E-state index contributed by atoms with van der Waals surface area (Å²) in [6.45, 7) is 0. The Balaban J connectivity index is 1.98. The second kappa shape index (κ2) is 8.95. The van der Waals surface area contributed by atoms with Crippen LogP contribution in [0.2, 0.25) is 0 Å². The lowest BCUT2D eigenvalue weighted by molar-refractivity contribution is 0.412. The molecule has 9 heteroatoms. The molecule has 0 radical (unpaired) electrons. The van der Waals surface area contributed by atoms with E-state index in [2.05, 4.69) is 15.3 Å². The average molecular weight is 418 g/mol. The van der Waals surface area contributed by atoms with Gasteiger partial charge in [0.1, 0.15) is 23.0 Å². The molecule has 0 saturated carbocycles. The molecule has 0 bridgehead atoms. The Labute approximate surface area is 169 Å². The molecule has 1 atom stereocenters. The Kier molecular flexibility index (Phi) is 6.38. The monoisotopic (exact) mass is 418 g/mol. The third-order valence-electron chi connectivity index (χ3n) is 4.00. The Bertz CT molecular complexity index is 1060. The van der Waals surface area contributed by atoms with Crippen LogP contribution in [0.15, 0.2) is 42.6 Å². The number of ether oxygens (including phenoxy) is 2. The molecular formula is C20H20F2N4O2S. The van der Waals surface area contributed by atoms with E-state index in [0.29, 0.717) is 22.8 Å². The predicted octanol–water partition coefficient (Wildman–Crippen LogP) is 4.69. The third kappa shape index (κ3) is 5.05. The highest BCUT2D eigenvalue weighted by Gasteiger charge is 2.15. The highest BCUT2D eigenvalue weighted by atomic mass is 32.2. The van der Waals surface area contributed by atoms with Crippen molar-refractivity contribution < 1.29 is 18.3 Å². The van der Waals surface area contributed by atoms with Crippen molar-refractivity contribution in [2.24, 2.45) is 0 Å². The van der Waals surface area contributed by atoms with E-state index in [4.69, 9.17) is 14.3 Å². The fourth-order valence-electron chi connectivity index (χ4n) is 2.79. The van der Waals surface area contributed by atoms with E-state index in [-0.39, 0.29) is 17.4 Å². The third-order valence-corrected chi connectivity index (χ3v) is 4.77. The van der Waals surface area contributed by atoms with E-state index in [9.17, 15) is 8.78 Å². The van der Waals surface area contributed by atoms with Crippen LogP contribution in [0.5, 0.6) is 11.5 Å². The number of nitrogens with one attached hydrogen (secondary N) is 2. The second-order valence-corrected chi connectivity index (χ2v) is 7.77. The van der Waals surface area contributed by atoms with Crippen LogP contribution in [0, 0.1) is 16.4 Å². The Morgan fingerprint density at radius 3 is 2.59 bits per heavy atom. The molecule has 2 N–H and O–H groups in total. The number of anilines is 2. The molecule has 0 aliphatic heterocycles. The van der Waals surface area contributed by atoms with Crippen LogP contribution in [0.4, 0.5) is 20.4 Å². The van der Waals surface area contributed by atoms with Gasteiger partial charge < -0.3 is 14.8 Å². The molecule has 6 nitrogen and oxygen atoms in total. The number of rotatable bonds is 7. The Morgan fingerprint density at radius 2 is 1.90 bits per heavy atom. The van der Waals surface area contributed by atoms with Crippen LogP contribution >= 0.6 is 0 Å². The van der Waals surface area contributed by atoms with Crippen LogP contribution in [0.1, 0.15) is 5.56 Å². The molecule has 1 heterocycles. The van der Waals surface area contributed by atoms with E-state index >= 15 is 0 Å². The van der Waals surface area contributed by atoms with Crippen LogP contribution < -0.4 is 14.8 Å². The summed E-state index contributed by atoms with van der Waals surface area (Å²) in [7, 11) is 2.41. The van der Waals surface area contributed by atoms with Crippen LogP contribution in [-0.2, 0) is 16.4 Å². The van der Waals surface area contributed by atoms with Gasteiger partial charge in [0, 0.05) is 29.1 Å². The highest BCUT2D eigenvalue weighted by molar-refractivity contribution is 7.84. The first-order valence-electron chi connectivity index (χ1n) is 8.55. The van der Waals surface area contributed by atoms with Crippen molar-refractivity contribution in [1.82, 2.24) is 9.97 Å². The molecule has 0 aliphatic carbocycles. The van der Waals surface area contributed by atoms with Gasteiger partial charge in [0.15, 0.2) is 5.82 Å². The minimum Gasteiger partial charge on any atom is -0.497 e. The quantitative estimate of drug-likeness (QED) is 0.582. The molecule has 0 aliphatic rings. The summed E-state index contributed by atoms with van der Waals surface area (Å²) in [4.78, 5) is 8.24. The van der Waals surface area contributed by atoms with E-state index in [1.807, 2.05) is 18.4 Å². The molecule has 0 fully saturated rings. The van der Waals surface area contributed by atoms with Crippen molar-refractivity contribution >= 4 is 22.3 Å². The van der Waals surface area contributed by atoms with Crippen molar-refractivity contribution in [2.75, 3.05) is 25.8 Å². The molecule has 0 saturated heterocycles. The summed E-state index contributed by atoms with van der Waals surface area (Å²) < 4.78 is 46.1. The van der Waals surface area contributed by atoms with Gasteiger partial charge in [0.05, 0.1) is 20.4 Å². The first-order chi connectivity index (χ1) is 13.9. The zero-order valence-electron chi connectivity index (χ0n) is 16.1. The molecule has 29 heavy (non-hydrogen) atoms. The fourth-order valence-corrected chi connectivity index (χ4v) is 3.46. The maximum absolute atomic E-state index is 14.4. The SMILES string of the molecule is COc1cc(CS(C)=N)cc(Nc2ncc(F)c(-c3ccc(F)cc3OC)n2)c1. The second-order valence-electron chi connectivity index (χ2n) is 6.21. The van der Waals surface area contributed by atoms with Gasteiger partial charge in [-0.1, -0.05) is 0 Å². The van der Waals surface area contributed by atoms with Gasteiger partial charge in [0.2, 0.25) is 5.95 Å². The largest absolute Gasteiger partial charge is 0.497 e. The van der Waals surface area contributed by atoms with Crippen molar-refractivity contribution in [2.45, 2.75) is 5.75 Å². The maximum Gasteiger partial charge on any atom is 0.227 e. The number of aromatic nitrogens is 2. The van der Waals surface area contributed by atoms with Crippen molar-refractivity contribution in [1.29, 1.82) is 4.78 Å². The van der Waals surface area contributed by atoms with Gasteiger partial charge in [0.25, 0.3) is 0 Å². The summed E-state index contributed by atoms with van der Waals surface area (Å²) in [5, 5.41) is 3.04. The van der Waals surface area contributed by atoms with Gasteiger partial charge in [-0.05, 0) is 36.1 Å². The molecule has 152 valence electrons. The number of benzene rings is 2. The van der Waals surface area contributed by atoms with Gasteiger partial charge in [-0.25, -0.2) is 18.7 Å². The van der Waals surface area contributed by atoms with Crippen LogP contribution in [0.3, 0.4) is 0 Å². The predicted molar refractivity (Wildman–Crippen MR) is 110 cm³/mol. The number of hydrogen-bond acceptors (Lipinski definition) is 6. The lowest BCUT2D eigenvalue weighted by Crippen LogP contribution is -2.02. The standard InChI is InChI=1S/C20H20F2N4O2S/c1-27-15-7-12(11-29(3)23)6-14(9-15)25-20-24-10-17(22)19(26-20)16-5-4-13(21)8-18(16)28-2/h4-10,23H,11H2,1-3H3,(H,24,25,26). The zero-order valence-corrected chi connectivity index (χ0v) is 16.9. The molecular weight excluding hydrogens is 398 g/mol. The average Bonchev–Trinajstić information content (AvgIpc) is 2.68. The molecule has 0 spiro atoms. The Morgan fingerprint density at radius 1 is 1.10 bits per heavy atom. The highest BCUT2D eigenvalue weighted by Crippen LogP contribution is 2.32. The van der Waals surface area contributed by atoms with Crippen LogP contribution in [0.25, 0.3) is 11.3 Å². The summed E-state index contributed by atoms with van der Waals surface area (Å²) >= 11 is 0. The first kappa shape index (κ1) is 20.7. The molecule has 3 aromatic rings. The Hall–Kier alpha value is -3.07. The van der Waals surface area contributed by atoms with Gasteiger partial charge in [-0.15, -0.1) is 10.7 Å². The van der Waals surface area contributed by atoms with Crippen molar-refractivity contribution in [3.63, 3.8) is 0 Å². The lowest BCUT2D eigenvalue weighted by Gasteiger charge is -2.12. The lowest BCUT2D eigenvalue weighted by atomic mass is 10.1. The van der Waals surface area contributed by atoms with Gasteiger partial charge in [-0.2, -0.15) is 0 Å². The topological polar surface area (TPSA) is 80.1 Å². The number of hydrogen-bond donors (Lipinski definition) is 2. The molecule has 1 aromatic heterocycles. The number of nitrogens with zero attached hydrogens (tertiary/aromatic N) is 2. The fraction of sp³-hybridized carbons (Fsp3) is 0.200. The van der Waals surface area contributed by atoms with E-state index in [1.54, 1.807) is 13.2 Å².